The van der Waals surface area contributed by atoms with Crippen molar-refractivity contribution in [2.45, 2.75) is 0 Å². The Labute approximate surface area is 104 Å². The van der Waals surface area contributed by atoms with Gasteiger partial charge in [0.25, 0.3) is 0 Å². The van der Waals surface area contributed by atoms with Crippen LogP contribution in [-0.2, 0) is 23.7 Å². The van der Waals surface area contributed by atoms with Crippen molar-refractivity contribution in [1.29, 1.82) is 0 Å². The molecule has 7 heteroatoms. The first-order chi connectivity index (χ1) is 8.16. The molecule has 6 nitrogen and oxygen atoms in total. The Hall–Kier alpha value is -1.11. The molecule has 0 bridgehead atoms. The number of rotatable bonds is 10. The summed E-state index contributed by atoms with van der Waals surface area (Å²) in [5, 5.41) is 0. The Bertz CT molecular complexity index is 243. The summed E-state index contributed by atoms with van der Waals surface area (Å²) >= 11 is 4.92. The Kier molecular flexibility index (Phi) is 10.6. The SMILES string of the molecule is C=CC(=O)OCCOCCOCCOC(=O)Cl. The maximum atomic E-state index is 10.6. The molecule has 0 aliphatic carbocycles. The van der Waals surface area contributed by atoms with E-state index < -0.39 is 11.4 Å². The number of hydrogen-bond donors (Lipinski definition) is 0. The van der Waals surface area contributed by atoms with Gasteiger partial charge in [-0.15, -0.1) is 0 Å². The molecule has 0 N–H and O–H groups in total. The van der Waals surface area contributed by atoms with Gasteiger partial charge in [0.05, 0.1) is 26.4 Å². The number of halogens is 1. The molecule has 0 unspecified atom stereocenters. The molecular weight excluding hydrogens is 252 g/mol. The number of esters is 1. The fourth-order valence-corrected chi connectivity index (χ4v) is 0.840. The Morgan fingerprint density at radius 1 is 0.941 bits per heavy atom. The van der Waals surface area contributed by atoms with Crippen LogP contribution in [-0.4, -0.2) is 51.0 Å². The summed E-state index contributed by atoms with van der Waals surface area (Å²) in [5.74, 6) is -0.479. The van der Waals surface area contributed by atoms with Crippen LogP contribution in [0.15, 0.2) is 12.7 Å². The Morgan fingerprint density at radius 2 is 1.41 bits per heavy atom. The van der Waals surface area contributed by atoms with E-state index in [9.17, 15) is 9.59 Å². The van der Waals surface area contributed by atoms with Crippen LogP contribution in [0.1, 0.15) is 0 Å². The normalized spacial score (nSPS) is 9.71. The lowest BCUT2D eigenvalue weighted by molar-refractivity contribution is -0.139. The summed E-state index contributed by atoms with van der Waals surface area (Å²) in [5.41, 5.74) is -0.853. The third-order valence-electron chi connectivity index (χ3n) is 1.45. The third kappa shape index (κ3) is 12.8. The van der Waals surface area contributed by atoms with Crippen LogP contribution in [0.25, 0.3) is 0 Å². The van der Waals surface area contributed by atoms with E-state index in [4.69, 9.17) is 21.1 Å². The van der Waals surface area contributed by atoms with Crippen LogP contribution >= 0.6 is 11.6 Å². The van der Waals surface area contributed by atoms with Crippen molar-refractivity contribution in [1.82, 2.24) is 0 Å². The van der Waals surface area contributed by atoms with E-state index >= 15 is 0 Å². The summed E-state index contributed by atoms with van der Waals surface area (Å²) < 4.78 is 19.2. The lowest BCUT2D eigenvalue weighted by atomic mass is 10.6. The molecule has 0 saturated heterocycles. The molecule has 0 atom stereocenters. The maximum Gasteiger partial charge on any atom is 0.403 e. The highest BCUT2D eigenvalue weighted by molar-refractivity contribution is 6.61. The van der Waals surface area contributed by atoms with Gasteiger partial charge in [0.2, 0.25) is 0 Å². The average Bonchev–Trinajstić information content (AvgIpc) is 2.30. The summed E-state index contributed by atoms with van der Waals surface area (Å²) in [6.45, 7) is 4.80. The van der Waals surface area contributed by atoms with Crippen LogP contribution in [0, 0.1) is 0 Å². The van der Waals surface area contributed by atoms with Crippen LogP contribution in [0.3, 0.4) is 0 Å². The average molecular weight is 267 g/mol. The minimum absolute atomic E-state index is 0.110. The first kappa shape index (κ1) is 15.9. The quantitative estimate of drug-likeness (QED) is 0.255. The first-order valence-electron chi connectivity index (χ1n) is 4.93. The van der Waals surface area contributed by atoms with Gasteiger partial charge in [0.1, 0.15) is 13.2 Å². The van der Waals surface area contributed by atoms with E-state index in [-0.39, 0.29) is 19.8 Å². The molecule has 0 amide bonds. The molecule has 0 aromatic carbocycles. The highest BCUT2D eigenvalue weighted by atomic mass is 35.5. The molecule has 98 valence electrons. The van der Waals surface area contributed by atoms with Crippen molar-refractivity contribution < 1.29 is 28.5 Å². The van der Waals surface area contributed by atoms with Crippen LogP contribution < -0.4 is 0 Å². The summed E-state index contributed by atoms with van der Waals surface area (Å²) in [6, 6.07) is 0. The van der Waals surface area contributed by atoms with Gasteiger partial charge in [-0.25, -0.2) is 9.59 Å². The van der Waals surface area contributed by atoms with E-state index in [0.29, 0.717) is 19.8 Å². The van der Waals surface area contributed by atoms with Gasteiger partial charge in [-0.2, -0.15) is 0 Å². The molecule has 0 aromatic heterocycles. The third-order valence-corrected chi connectivity index (χ3v) is 1.56. The van der Waals surface area contributed by atoms with Gasteiger partial charge < -0.3 is 18.9 Å². The van der Waals surface area contributed by atoms with Gasteiger partial charge in [0, 0.05) is 17.7 Å². The zero-order chi connectivity index (χ0) is 12.9. The van der Waals surface area contributed by atoms with Crippen molar-refractivity contribution >= 4 is 23.0 Å². The molecule has 0 spiro atoms. The Balaban J connectivity index is 3.06. The number of carbonyl (C=O) groups excluding carboxylic acids is 2. The smallest absolute Gasteiger partial charge is 0.403 e. The van der Waals surface area contributed by atoms with E-state index in [1.807, 2.05) is 0 Å². The van der Waals surface area contributed by atoms with Gasteiger partial charge in [-0.3, -0.25) is 0 Å². The van der Waals surface area contributed by atoms with Crippen LogP contribution in [0.5, 0.6) is 0 Å². The second kappa shape index (κ2) is 11.4. The number of ether oxygens (including phenoxy) is 4. The highest BCUT2D eigenvalue weighted by Crippen LogP contribution is 1.87. The summed E-state index contributed by atoms with van der Waals surface area (Å²) in [6.07, 6.45) is 1.08. The van der Waals surface area contributed by atoms with Gasteiger partial charge >= 0.3 is 11.4 Å². The topological polar surface area (TPSA) is 71.1 Å². The standard InChI is InChI=1S/C10H15ClO6/c1-2-9(12)16-7-5-14-3-4-15-6-8-17-10(11)13/h2H,1,3-8H2. The van der Waals surface area contributed by atoms with Crippen LogP contribution in [0.2, 0.25) is 0 Å². The minimum Gasteiger partial charge on any atom is -0.460 e. The molecule has 0 rings (SSSR count). The fourth-order valence-electron chi connectivity index (χ4n) is 0.763. The molecule has 17 heavy (non-hydrogen) atoms. The van der Waals surface area contributed by atoms with Gasteiger partial charge in [-0.1, -0.05) is 6.58 Å². The number of hydrogen-bond acceptors (Lipinski definition) is 6. The van der Waals surface area contributed by atoms with Crippen molar-refractivity contribution in [2.75, 3.05) is 39.6 Å². The first-order valence-corrected chi connectivity index (χ1v) is 5.31. The second-order valence-electron chi connectivity index (χ2n) is 2.68. The van der Waals surface area contributed by atoms with Crippen molar-refractivity contribution in [3.8, 4) is 0 Å². The van der Waals surface area contributed by atoms with E-state index in [2.05, 4.69) is 16.1 Å². The van der Waals surface area contributed by atoms with E-state index in [0.717, 1.165) is 6.08 Å². The van der Waals surface area contributed by atoms with Crippen molar-refractivity contribution in [2.24, 2.45) is 0 Å². The molecular formula is C10H15ClO6. The molecule has 0 aromatic rings. The zero-order valence-electron chi connectivity index (χ0n) is 9.35. The zero-order valence-corrected chi connectivity index (χ0v) is 10.1. The lowest BCUT2D eigenvalue weighted by Gasteiger charge is -2.05. The second-order valence-corrected chi connectivity index (χ2v) is 2.99. The Morgan fingerprint density at radius 3 is 1.88 bits per heavy atom. The molecule has 0 saturated carbocycles. The lowest BCUT2D eigenvalue weighted by Crippen LogP contribution is -2.13. The van der Waals surface area contributed by atoms with E-state index in [1.165, 1.54) is 0 Å². The minimum atomic E-state index is -0.853. The van der Waals surface area contributed by atoms with Gasteiger partial charge in [-0.05, 0) is 0 Å². The predicted octanol–water partition coefficient (Wildman–Crippen LogP) is 1.12. The summed E-state index contributed by atoms with van der Waals surface area (Å²) in [4.78, 5) is 20.7. The van der Waals surface area contributed by atoms with Crippen LogP contribution in [0.4, 0.5) is 4.79 Å². The monoisotopic (exact) mass is 266 g/mol. The molecule has 0 fully saturated rings. The molecule has 0 radical (unpaired) electrons. The maximum absolute atomic E-state index is 10.6. The molecule has 0 aliphatic heterocycles. The van der Waals surface area contributed by atoms with E-state index in [1.54, 1.807) is 0 Å². The molecule has 0 aliphatic rings. The predicted molar refractivity (Wildman–Crippen MR) is 60.0 cm³/mol. The number of carbonyl (C=O) groups is 2. The van der Waals surface area contributed by atoms with Crippen molar-refractivity contribution in [3.05, 3.63) is 12.7 Å². The highest BCUT2D eigenvalue weighted by Gasteiger charge is 1.96. The summed E-state index contributed by atoms with van der Waals surface area (Å²) in [7, 11) is 0. The molecule has 0 heterocycles. The van der Waals surface area contributed by atoms with Gasteiger partial charge in [0.15, 0.2) is 0 Å². The van der Waals surface area contributed by atoms with Crippen molar-refractivity contribution in [3.63, 3.8) is 0 Å². The largest absolute Gasteiger partial charge is 0.460 e. The fraction of sp³-hybridized carbons (Fsp3) is 0.600.